The molecule has 0 aliphatic heterocycles. The molecule has 5 nitrogen and oxygen atoms in total. The van der Waals surface area contributed by atoms with Gasteiger partial charge in [0.15, 0.2) is 6.61 Å². The number of hydrogen-bond acceptors (Lipinski definition) is 3. The van der Waals surface area contributed by atoms with Crippen LogP contribution in [0.25, 0.3) is 0 Å². The van der Waals surface area contributed by atoms with Crippen LogP contribution in [0.5, 0.6) is 5.75 Å². The van der Waals surface area contributed by atoms with Gasteiger partial charge in [0, 0.05) is 25.6 Å². The average molecular weight is 416 g/mol. The third-order valence-electron chi connectivity index (χ3n) is 3.52. The zero-order valence-electron chi connectivity index (χ0n) is 13.8. The second-order valence-electron chi connectivity index (χ2n) is 5.50. The Morgan fingerprint density at radius 1 is 1.00 bits per heavy atom. The predicted octanol–water partition coefficient (Wildman–Crippen LogP) is 3.93. The lowest BCUT2D eigenvalue weighted by Gasteiger charge is -2.22. The number of nitrogens with zero attached hydrogens (tertiary/aromatic N) is 1. The fourth-order valence-corrected chi connectivity index (χ4v) is 2.78. The summed E-state index contributed by atoms with van der Waals surface area (Å²) < 4.78 is 5.48. The standard InChI is InChI=1S/C18H17Cl3N2O3/c19-13-8-15(21)16(9-14(13)20)26-11-18(25)23(7-6-17(22)24)10-12-4-2-1-3-5-12/h1-5,8-9H,6-7,10-11H2,(H2,22,24). The molecule has 2 amide bonds. The van der Waals surface area contributed by atoms with E-state index in [0.717, 1.165) is 5.56 Å². The first kappa shape index (κ1) is 20.4. The summed E-state index contributed by atoms with van der Waals surface area (Å²) in [5.41, 5.74) is 6.13. The lowest BCUT2D eigenvalue weighted by Crippen LogP contribution is -2.36. The molecule has 2 aromatic carbocycles. The maximum atomic E-state index is 12.5. The average Bonchev–Trinajstić information content (AvgIpc) is 2.61. The lowest BCUT2D eigenvalue weighted by atomic mass is 10.2. The predicted molar refractivity (Wildman–Crippen MR) is 103 cm³/mol. The molecule has 2 aromatic rings. The van der Waals surface area contributed by atoms with Gasteiger partial charge in [0.2, 0.25) is 5.91 Å². The van der Waals surface area contributed by atoms with Crippen molar-refractivity contribution in [1.82, 2.24) is 4.90 Å². The number of primary amides is 1. The molecular weight excluding hydrogens is 399 g/mol. The zero-order valence-corrected chi connectivity index (χ0v) is 16.0. The van der Waals surface area contributed by atoms with Crippen LogP contribution in [-0.4, -0.2) is 29.9 Å². The largest absolute Gasteiger partial charge is 0.482 e. The summed E-state index contributed by atoms with van der Waals surface area (Å²) in [4.78, 5) is 25.1. The van der Waals surface area contributed by atoms with Crippen molar-refractivity contribution >= 4 is 46.6 Å². The first-order valence-electron chi connectivity index (χ1n) is 7.74. The third-order valence-corrected chi connectivity index (χ3v) is 4.54. The molecule has 0 unspecified atom stereocenters. The van der Waals surface area contributed by atoms with Crippen LogP contribution in [0.4, 0.5) is 0 Å². The molecule has 0 atom stereocenters. The fourth-order valence-electron chi connectivity index (χ4n) is 2.19. The quantitative estimate of drug-likeness (QED) is 0.664. The van der Waals surface area contributed by atoms with Gasteiger partial charge in [-0.15, -0.1) is 0 Å². The Bertz CT molecular complexity index is 785. The molecule has 0 aromatic heterocycles. The minimum Gasteiger partial charge on any atom is -0.482 e. The van der Waals surface area contributed by atoms with E-state index in [4.69, 9.17) is 45.3 Å². The zero-order chi connectivity index (χ0) is 19.1. The van der Waals surface area contributed by atoms with Gasteiger partial charge in [-0.25, -0.2) is 0 Å². The molecule has 0 heterocycles. The molecule has 0 saturated heterocycles. The van der Waals surface area contributed by atoms with Crippen molar-refractivity contribution in [3.63, 3.8) is 0 Å². The van der Waals surface area contributed by atoms with Crippen LogP contribution in [0.15, 0.2) is 42.5 Å². The van der Waals surface area contributed by atoms with Gasteiger partial charge in [-0.1, -0.05) is 65.1 Å². The van der Waals surface area contributed by atoms with Crippen LogP contribution in [0, 0.1) is 0 Å². The topological polar surface area (TPSA) is 72.6 Å². The van der Waals surface area contributed by atoms with Crippen molar-refractivity contribution in [3.05, 3.63) is 63.1 Å². The van der Waals surface area contributed by atoms with Gasteiger partial charge in [-0.2, -0.15) is 0 Å². The number of halogens is 3. The molecule has 0 aliphatic carbocycles. The molecule has 0 spiro atoms. The molecule has 138 valence electrons. The minimum atomic E-state index is -0.482. The molecular formula is C18H17Cl3N2O3. The highest BCUT2D eigenvalue weighted by molar-refractivity contribution is 6.43. The molecule has 0 fully saturated rings. The summed E-state index contributed by atoms with van der Waals surface area (Å²) in [5.74, 6) is -0.537. The normalized spacial score (nSPS) is 10.4. The second kappa shape index (κ2) is 9.67. The molecule has 2 rings (SSSR count). The summed E-state index contributed by atoms with van der Waals surface area (Å²) in [6.07, 6.45) is 0.0616. The first-order valence-corrected chi connectivity index (χ1v) is 8.87. The highest BCUT2D eigenvalue weighted by Gasteiger charge is 2.17. The van der Waals surface area contributed by atoms with E-state index in [1.807, 2.05) is 30.3 Å². The van der Waals surface area contributed by atoms with E-state index in [-0.39, 0.29) is 41.3 Å². The van der Waals surface area contributed by atoms with Crippen molar-refractivity contribution in [2.45, 2.75) is 13.0 Å². The number of carbonyl (C=O) groups excluding carboxylic acids is 2. The van der Waals surface area contributed by atoms with Gasteiger partial charge in [-0.3, -0.25) is 9.59 Å². The number of hydrogen-bond donors (Lipinski definition) is 1. The van der Waals surface area contributed by atoms with Crippen molar-refractivity contribution in [3.8, 4) is 5.75 Å². The number of benzene rings is 2. The molecule has 26 heavy (non-hydrogen) atoms. The number of ether oxygens (including phenoxy) is 1. The first-order chi connectivity index (χ1) is 12.4. The van der Waals surface area contributed by atoms with E-state index in [9.17, 15) is 9.59 Å². The Balaban J connectivity index is 2.05. The summed E-state index contributed by atoms with van der Waals surface area (Å²) in [6.45, 7) is 0.274. The Labute approximate surface area is 166 Å². The van der Waals surface area contributed by atoms with Gasteiger partial charge in [0.1, 0.15) is 5.75 Å². The number of carbonyl (C=O) groups is 2. The molecule has 2 N–H and O–H groups in total. The minimum absolute atomic E-state index is 0.0616. The summed E-state index contributed by atoms with van der Waals surface area (Å²) in [6, 6.07) is 12.3. The highest BCUT2D eigenvalue weighted by Crippen LogP contribution is 2.33. The van der Waals surface area contributed by atoms with Crippen molar-refractivity contribution in [1.29, 1.82) is 0 Å². The van der Waals surface area contributed by atoms with E-state index in [1.54, 1.807) is 0 Å². The Hall–Kier alpha value is -1.95. The lowest BCUT2D eigenvalue weighted by molar-refractivity contribution is -0.134. The van der Waals surface area contributed by atoms with E-state index < -0.39 is 5.91 Å². The van der Waals surface area contributed by atoms with E-state index in [1.165, 1.54) is 17.0 Å². The van der Waals surface area contributed by atoms with E-state index in [0.29, 0.717) is 11.6 Å². The van der Waals surface area contributed by atoms with E-state index >= 15 is 0 Å². The number of amides is 2. The van der Waals surface area contributed by atoms with Gasteiger partial charge in [0.05, 0.1) is 15.1 Å². The summed E-state index contributed by atoms with van der Waals surface area (Å²) in [5, 5.41) is 0.815. The molecule has 0 bridgehead atoms. The molecule has 0 aliphatic rings. The maximum absolute atomic E-state index is 12.5. The Morgan fingerprint density at radius 3 is 2.31 bits per heavy atom. The monoisotopic (exact) mass is 414 g/mol. The van der Waals surface area contributed by atoms with Crippen molar-refractivity contribution in [2.75, 3.05) is 13.2 Å². The van der Waals surface area contributed by atoms with Crippen molar-refractivity contribution < 1.29 is 14.3 Å². The molecule has 0 saturated carbocycles. The fraction of sp³-hybridized carbons (Fsp3) is 0.222. The third kappa shape index (κ3) is 6.09. The van der Waals surface area contributed by atoms with Crippen molar-refractivity contribution in [2.24, 2.45) is 5.73 Å². The number of nitrogens with two attached hydrogens (primary N) is 1. The van der Waals surface area contributed by atoms with Gasteiger partial charge >= 0.3 is 0 Å². The van der Waals surface area contributed by atoms with Gasteiger partial charge in [0.25, 0.3) is 5.91 Å². The van der Waals surface area contributed by atoms with Gasteiger partial charge in [-0.05, 0) is 11.6 Å². The van der Waals surface area contributed by atoms with Crippen LogP contribution < -0.4 is 10.5 Å². The smallest absolute Gasteiger partial charge is 0.260 e. The van der Waals surface area contributed by atoms with Crippen LogP contribution in [0.1, 0.15) is 12.0 Å². The van der Waals surface area contributed by atoms with Crippen LogP contribution >= 0.6 is 34.8 Å². The SMILES string of the molecule is NC(=O)CCN(Cc1ccccc1)C(=O)COc1cc(Cl)c(Cl)cc1Cl. The number of rotatable bonds is 8. The molecule has 0 radical (unpaired) electrons. The summed E-state index contributed by atoms with van der Waals surface area (Å²) >= 11 is 17.9. The van der Waals surface area contributed by atoms with E-state index in [2.05, 4.69) is 0 Å². The van der Waals surface area contributed by atoms with Crippen LogP contribution in [0.2, 0.25) is 15.1 Å². The molecule has 8 heteroatoms. The van der Waals surface area contributed by atoms with Crippen LogP contribution in [0.3, 0.4) is 0 Å². The summed E-state index contributed by atoms with van der Waals surface area (Å²) in [7, 11) is 0. The Kier molecular flexibility index (Phi) is 7.57. The highest BCUT2D eigenvalue weighted by atomic mass is 35.5. The van der Waals surface area contributed by atoms with Crippen LogP contribution in [-0.2, 0) is 16.1 Å². The second-order valence-corrected chi connectivity index (χ2v) is 6.72. The van der Waals surface area contributed by atoms with Gasteiger partial charge < -0.3 is 15.4 Å². The maximum Gasteiger partial charge on any atom is 0.260 e. The Morgan fingerprint density at radius 2 is 1.65 bits per heavy atom.